The molecule has 17 heavy (non-hydrogen) atoms. The van der Waals surface area contributed by atoms with Crippen LogP contribution >= 0.6 is 0 Å². The van der Waals surface area contributed by atoms with Crippen LogP contribution in [0.15, 0.2) is 12.2 Å². The number of allylic oxidation sites excluding steroid dienone is 2. The molecule has 4 unspecified atom stereocenters. The molecule has 0 spiro atoms. The first-order chi connectivity index (χ1) is 8.09. The molecule has 5 heteroatoms. The summed E-state index contributed by atoms with van der Waals surface area (Å²) in [6, 6.07) is 0. The van der Waals surface area contributed by atoms with Crippen LogP contribution in [-0.4, -0.2) is 22.7 Å². The van der Waals surface area contributed by atoms with Gasteiger partial charge in [0.15, 0.2) is 0 Å². The van der Waals surface area contributed by atoms with Gasteiger partial charge < -0.3 is 0 Å². The third-order valence-electron chi connectivity index (χ3n) is 4.03. The Morgan fingerprint density at radius 3 is 2.00 bits per heavy atom. The molecule has 4 aliphatic rings. The minimum Gasteiger partial charge on any atom is -0.274 e. The fourth-order valence-electron chi connectivity index (χ4n) is 3.34. The normalized spacial score (nSPS) is 38.5. The van der Waals surface area contributed by atoms with Gasteiger partial charge in [-0.3, -0.25) is 19.8 Å². The highest BCUT2D eigenvalue weighted by Gasteiger charge is 2.56. The van der Waals surface area contributed by atoms with Gasteiger partial charge in [0.1, 0.15) is 0 Å². The Bertz CT molecular complexity index is 411. The zero-order valence-electron chi connectivity index (χ0n) is 9.55. The lowest BCUT2D eigenvalue weighted by atomic mass is 9.63. The number of nitrogens with one attached hydrogen (secondary N) is 1. The number of imide groups is 1. The Hall–Kier alpha value is -1.65. The van der Waals surface area contributed by atoms with Crippen LogP contribution in [0.1, 0.15) is 19.8 Å². The van der Waals surface area contributed by atoms with Crippen LogP contribution in [0.2, 0.25) is 0 Å². The number of amides is 3. The van der Waals surface area contributed by atoms with E-state index in [1.54, 1.807) is 0 Å². The number of hydrazine groups is 1. The van der Waals surface area contributed by atoms with Crippen molar-refractivity contribution in [3.8, 4) is 0 Å². The fourth-order valence-corrected chi connectivity index (χ4v) is 3.34. The Morgan fingerprint density at radius 2 is 1.65 bits per heavy atom. The Labute approximate surface area is 98.8 Å². The van der Waals surface area contributed by atoms with E-state index in [0.29, 0.717) is 0 Å². The maximum Gasteiger partial charge on any atom is 0.252 e. The first-order valence-corrected chi connectivity index (χ1v) is 5.93. The predicted molar refractivity (Wildman–Crippen MR) is 58.0 cm³/mol. The van der Waals surface area contributed by atoms with Crippen molar-refractivity contribution in [3.05, 3.63) is 12.2 Å². The van der Waals surface area contributed by atoms with E-state index in [1.165, 1.54) is 6.92 Å². The highest BCUT2D eigenvalue weighted by Crippen LogP contribution is 2.49. The summed E-state index contributed by atoms with van der Waals surface area (Å²) in [5, 5.41) is 0.927. The minimum atomic E-state index is -0.384. The first kappa shape index (κ1) is 10.5. The number of hydrogen-bond donors (Lipinski definition) is 1. The minimum absolute atomic E-state index is 0.167. The van der Waals surface area contributed by atoms with Crippen LogP contribution in [0.4, 0.5) is 0 Å². The molecular formula is C12H14N2O3. The molecule has 1 saturated carbocycles. The summed E-state index contributed by atoms with van der Waals surface area (Å²) < 4.78 is 0. The SMILES string of the molecule is CC(=O)NN1C(=O)C2C3C=CC(CC3)C2C1=O. The fraction of sp³-hybridized carbons (Fsp3) is 0.583. The van der Waals surface area contributed by atoms with E-state index in [9.17, 15) is 14.4 Å². The molecule has 4 rings (SSSR count). The van der Waals surface area contributed by atoms with Gasteiger partial charge in [0, 0.05) is 6.92 Å². The molecule has 0 aromatic heterocycles. The van der Waals surface area contributed by atoms with Crippen LogP contribution in [0, 0.1) is 23.7 Å². The highest BCUT2D eigenvalue weighted by atomic mass is 16.2. The van der Waals surface area contributed by atoms with Gasteiger partial charge in [-0.15, -0.1) is 0 Å². The molecule has 0 radical (unpaired) electrons. The summed E-state index contributed by atoms with van der Waals surface area (Å²) in [6.07, 6.45) is 6.04. The average Bonchev–Trinajstić information content (AvgIpc) is 2.57. The van der Waals surface area contributed by atoms with Crippen molar-refractivity contribution in [2.75, 3.05) is 0 Å². The van der Waals surface area contributed by atoms with E-state index in [2.05, 4.69) is 17.6 Å². The van der Waals surface area contributed by atoms with Crippen LogP contribution in [0.25, 0.3) is 0 Å². The molecule has 2 fully saturated rings. The second kappa shape index (κ2) is 3.42. The van der Waals surface area contributed by atoms with Gasteiger partial charge in [-0.05, 0) is 24.7 Å². The molecule has 3 aliphatic carbocycles. The van der Waals surface area contributed by atoms with Gasteiger partial charge in [-0.1, -0.05) is 12.2 Å². The van der Waals surface area contributed by atoms with Crippen LogP contribution in [-0.2, 0) is 14.4 Å². The number of carbonyl (C=O) groups is 3. The van der Waals surface area contributed by atoms with Gasteiger partial charge in [0.25, 0.3) is 11.8 Å². The van der Waals surface area contributed by atoms with E-state index < -0.39 is 0 Å². The number of fused-ring (bicyclic) bond motifs is 1. The van der Waals surface area contributed by atoms with E-state index >= 15 is 0 Å². The van der Waals surface area contributed by atoms with Gasteiger partial charge in [-0.25, -0.2) is 0 Å². The molecule has 5 nitrogen and oxygen atoms in total. The number of nitrogens with zero attached hydrogens (tertiary/aromatic N) is 1. The highest BCUT2D eigenvalue weighted by molar-refractivity contribution is 6.06. The molecule has 1 N–H and O–H groups in total. The average molecular weight is 234 g/mol. The second-order valence-electron chi connectivity index (χ2n) is 5.02. The molecule has 3 amide bonds. The molecule has 0 aromatic rings. The Morgan fingerprint density at radius 1 is 1.18 bits per heavy atom. The predicted octanol–water partition coefficient (Wildman–Crippen LogP) is 0.235. The van der Waals surface area contributed by atoms with Crippen molar-refractivity contribution in [1.29, 1.82) is 0 Å². The van der Waals surface area contributed by atoms with Crippen LogP contribution < -0.4 is 5.43 Å². The number of hydrogen-bond acceptors (Lipinski definition) is 3. The summed E-state index contributed by atoms with van der Waals surface area (Å²) >= 11 is 0. The first-order valence-electron chi connectivity index (χ1n) is 5.93. The van der Waals surface area contributed by atoms with Crippen molar-refractivity contribution >= 4 is 17.7 Å². The Balaban J connectivity index is 1.94. The van der Waals surface area contributed by atoms with E-state index in [0.717, 1.165) is 17.9 Å². The molecule has 4 atom stereocenters. The molecule has 1 heterocycles. The van der Waals surface area contributed by atoms with Crippen molar-refractivity contribution in [2.45, 2.75) is 19.8 Å². The summed E-state index contributed by atoms with van der Waals surface area (Å²) in [4.78, 5) is 35.3. The standard InChI is InChI=1S/C12H14N2O3/c1-6(15)13-14-11(16)9-7-2-3-8(5-4-7)10(9)12(14)17/h2-3,7-10H,4-5H2,1H3,(H,13,15). The maximum atomic E-state index is 12.1. The van der Waals surface area contributed by atoms with Crippen LogP contribution in [0.3, 0.4) is 0 Å². The summed E-state index contributed by atoms with van der Waals surface area (Å²) in [6.45, 7) is 1.30. The lowest BCUT2D eigenvalue weighted by molar-refractivity contribution is -0.148. The second-order valence-corrected chi connectivity index (χ2v) is 5.02. The van der Waals surface area contributed by atoms with Gasteiger partial charge in [0.05, 0.1) is 11.8 Å². The number of carbonyl (C=O) groups excluding carboxylic acids is 3. The third-order valence-corrected chi connectivity index (χ3v) is 4.03. The summed E-state index contributed by atoms with van der Waals surface area (Å²) in [5.74, 6) is -1.04. The smallest absolute Gasteiger partial charge is 0.252 e. The van der Waals surface area contributed by atoms with E-state index in [1.807, 2.05) is 0 Å². The van der Waals surface area contributed by atoms with E-state index in [4.69, 9.17) is 0 Å². The van der Waals surface area contributed by atoms with Crippen LogP contribution in [0.5, 0.6) is 0 Å². The quantitative estimate of drug-likeness (QED) is 0.522. The molecule has 90 valence electrons. The summed E-state index contributed by atoms with van der Waals surface area (Å²) in [7, 11) is 0. The van der Waals surface area contributed by atoms with Gasteiger partial charge >= 0.3 is 0 Å². The zero-order valence-corrected chi connectivity index (χ0v) is 9.55. The van der Waals surface area contributed by atoms with Gasteiger partial charge in [-0.2, -0.15) is 5.01 Å². The lowest BCUT2D eigenvalue weighted by Crippen LogP contribution is -2.45. The van der Waals surface area contributed by atoms with Crippen molar-refractivity contribution in [1.82, 2.24) is 10.4 Å². The molecular weight excluding hydrogens is 220 g/mol. The largest absolute Gasteiger partial charge is 0.274 e. The molecule has 1 saturated heterocycles. The lowest BCUT2D eigenvalue weighted by Gasteiger charge is -2.37. The Kier molecular flexibility index (Phi) is 2.11. The summed E-state index contributed by atoms with van der Waals surface area (Å²) in [5.41, 5.74) is 2.33. The maximum absolute atomic E-state index is 12.1. The van der Waals surface area contributed by atoms with Crippen molar-refractivity contribution in [3.63, 3.8) is 0 Å². The molecule has 1 aliphatic heterocycles. The number of rotatable bonds is 1. The topological polar surface area (TPSA) is 66.5 Å². The monoisotopic (exact) mass is 234 g/mol. The van der Waals surface area contributed by atoms with Gasteiger partial charge in [0.2, 0.25) is 5.91 Å². The third kappa shape index (κ3) is 1.34. The molecule has 0 aromatic carbocycles. The molecule has 2 bridgehead atoms. The zero-order chi connectivity index (χ0) is 12.2. The van der Waals surface area contributed by atoms with Crippen molar-refractivity contribution in [2.24, 2.45) is 23.7 Å². The van der Waals surface area contributed by atoms with E-state index in [-0.39, 0.29) is 41.4 Å². The van der Waals surface area contributed by atoms with Crippen molar-refractivity contribution < 1.29 is 14.4 Å².